The molecule has 0 radical (unpaired) electrons. The molecular weight excluding hydrogens is 292 g/mol. The van der Waals surface area contributed by atoms with Crippen LogP contribution in [-0.2, 0) is 9.47 Å². The van der Waals surface area contributed by atoms with Crippen LogP contribution in [0.15, 0.2) is 0 Å². The Balaban J connectivity index is 1.68. The van der Waals surface area contributed by atoms with Crippen molar-refractivity contribution in [1.29, 1.82) is 0 Å². The highest BCUT2D eigenvalue weighted by Gasteiger charge is 2.26. The average molecular weight is 326 g/mol. The lowest BCUT2D eigenvalue weighted by molar-refractivity contribution is 0.0510. The van der Waals surface area contributed by atoms with Crippen molar-refractivity contribution in [2.75, 3.05) is 26.3 Å². The monoisotopic (exact) mass is 326 g/mol. The molecule has 0 aromatic rings. The molecule has 2 fully saturated rings. The van der Waals surface area contributed by atoms with Gasteiger partial charge in [0.25, 0.3) is 0 Å². The van der Waals surface area contributed by atoms with Gasteiger partial charge in [0.1, 0.15) is 5.60 Å². The third-order valence-electron chi connectivity index (χ3n) is 4.80. The van der Waals surface area contributed by atoms with Gasteiger partial charge in [-0.1, -0.05) is 12.8 Å². The van der Waals surface area contributed by atoms with Crippen LogP contribution < -0.4 is 10.6 Å². The van der Waals surface area contributed by atoms with Gasteiger partial charge in [0.2, 0.25) is 0 Å². The maximum Gasteiger partial charge on any atom is 0.407 e. The molecule has 3 unspecified atom stereocenters. The molecule has 23 heavy (non-hydrogen) atoms. The second-order valence-corrected chi connectivity index (χ2v) is 8.01. The van der Waals surface area contributed by atoms with E-state index < -0.39 is 5.60 Å². The zero-order chi connectivity index (χ0) is 16.7. The van der Waals surface area contributed by atoms with E-state index in [1.807, 2.05) is 20.8 Å². The van der Waals surface area contributed by atoms with Gasteiger partial charge < -0.3 is 20.1 Å². The summed E-state index contributed by atoms with van der Waals surface area (Å²) in [5.74, 6) is 1.24. The van der Waals surface area contributed by atoms with E-state index >= 15 is 0 Å². The molecule has 5 heteroatoms. The zero-order valence-corrected chi connectivity index (χ0v) is 15.0. The molecule has 3 atom stereocenters. The topological polar surface area (TPSA) is 59.6 Å². The first-order valence-corrected chi connectivity index (χ1v) is 9.22. The first-order valence-electron chi connectivity index (χ1n) is 9.22. The SMILES string of the molecule is CC(C)(C)OC(=O)NCC1CCCCC1NCCC1CCOC1. The zero-order valence-electron chi connectivity index (χ0n) is 15.0. The Morgan fingerprint density at radius 3 is 2.70 bits per heavy atom. The summed E-state index contributed by atoms with van der Waals surface area (Å²) in [4.78, 5) is 11.8. The van der Waals surface area contributed by atoms with Crippen LogP contribution in [0.2, 0.25) is 0 Å². The van der Waals surface area contributed by atoms with Crippen molar-refractivity contribution in [3.8, 4) is 0 Å². The van der Waals surface area contributed by atoms with Gasteiger partial charge in [-0.25, -0.2) is 4.79 Å². The van der Waals surface area contributed by atoms with Crippen molar-refractivity contribution < 1.29 is 14.3 Å². The lowest BCUT2D eigenvalue weighted by Gasteiger charge is -2.33. The predicted molar refractivity (Wildman–Crippen MR) is 91.5 cm³/mol. The summed E-state index contributed by atoms with van der Waals surface area (Å²) in [5.41, 5.74) is -0.433. The summed E-state index contributed by atoms with van der Waals surface area (Å²) in [5, 5.41) is 6.67. The third-order valence-corrected chi connectivity index (χ3v) is 4.80. The van der Waals surface area contributed by atoms with Crippen LogP contribution in [0.1, 0.15) is 59.3 Å². The number of alkyl carbamates (subject to hydrolysis) is 1. The molecule has 2 N–H and O–H groups in total. The second kappa shape index (κ2) is 8.88. The lowest BCUT2D eigenvalue weighted by Crippen LogP contribution is -2.45. The van der Waals surface area contributed by atoms with Crippen molar-refractivity contribution >= 4 is 6.09 Å². The van der Waals surface area contributed by atoms with E-state index in [2.05, 4.69) is 10.6 Å². The van der Waals surface area contributed by atoms with Crippen molar-refractivity contribution in [3.63, 3.8) is 0 Å². The Hall–Kier alpha value is -0.810. The summed E-state index contributed by atoms with van der Waals surface area (Å²) in [7, 11) is 0. The molecule has 0 aromatic carbocycles. The Labute approximate surface area is 140 Å². The Bertz CT molecular complexity index is 362. The molecule has 5 nitrogen and oxygen atoms in total. The van der Waals surface area contributed by atoms with E-state index in [1.54, 1.807) is 0 Å². The Morgan fingerprint density at radius 1 is 1.22 bits per heavy atom. The summed E-state index contributed by atoms with van der Waals surface area (Å²) in [6.07, 6.45) is 7.04. The number of amides is 1. The van der Waals surface area contributed by atoms with Gasteiger partial charge in [-0.3, -0.25) is 0 Å². The quantitative estimate of drug-likeness (QED) is 0.787. The molecule has 0 spiro atoms. The molecule has 2 aliphatic rings. The minimum atomic E-state index is -0.433. The van der Waals surface area contributed by atoms with E-state index in [9.17, 15) is 4.79 Å². The number of hydrogen-bond donors (Lipinski definition) is 2. The molecule has 1 aliphatic heterocycles. The van der Waals surface area contributed by atoms with Gasteiger partial charge in [-0.15, -0.1) is 0 Å². The minimum absolute atomic E-state index is 0.301. The first kappa shape index (κ1) is 18.5. The number of rotatable bonds is 6. The van der Waals surface area contributed by atoms with Crippen LogP contribution in [0.3, 0.4) is 0 Å². The fourth-order valence-electron chi connectivity index (χ4n) is 3.53. The van der Waals surface area contributed by atoms with Gasteiger partial charge in [-0.05, 0) is 64.8 Å². The Kier molecular flexibility index (Phi) is 7.15. The lowest BCUT2D eigenvalue weighted by atomic mass is 9.84. The summed E-state index contributed by atoms with van der Waals surface area (Å²) < 4.78 is 10.8. The van der Waals surface area contributed by atoms with Gasteiger partial charge in [-0.2, -0.15) is 0 Å². The van der Waals surface area contributed by atoms with Gasteiger partial charge in [0.15, 0.2) is 0 Å². The number of nitrogens with one attached hydrogen (secondary N) is 2. The molecule has 2 rings (SSSR count). The highest BCUT2D eigenvalue weighted by molar-refractivity contribution is 5.67. The first-order chi connectivity index (χ1) is 10.9. The van der Waals surface area contributed by atoms with Crippen molar-refractivity contribution in [1.82, 2.24) is 10.6 Å². The molecular formula is C18H34N2O3. The van der Waals surface area contributed by atoms with Crippen molar-refractivity contribution in [3.05, 3.63) is 0 Å². The van der Waals surface area contributed by atoms with Crippen molar-refractivity contribution in [2.45, 2.75) is 70.9 Å². The van der Waals surface area contributed by atoms with Crippen LogP contribution in [0.25, 0.3) is 0 Å². The van der Waals surface area contributed by atoms with Crippen molar-refractivity contribution in [2.24, 2.45) is 11.8 Å². The fourth-order valence-corrected chi connectivity index (χ4v) is 3.53. The van der Waals surface area contributed by atoms with Crippen LogP contribution in [0, 0.1) is 11.8 Å². The Morgan fingerprint density at radius 2 is 2.00 bits per heavy atom. The highest BCUT2D eigenvalue weighted by Crippen LogP contribution is 2.24. The highest BCUT2D eigenvalue weighted by atomic mass is 16.6. The van der Waals surface area contributed by atoms with Crippen LogP contribution in [0.5, 0.6) is 0 Å². The van der Waals surface area contributed by atoms with Crippen LogP contribution >= 0.6 is 0 Å². The minimum Gasteiger partial charge on any atom is -0.444 e. The smallest absolute Gasteiger partial charge is 0.407 e. The van der Waals surface area contributed by atoms with Gasteiger partial charge in [0, 0.05) is 25.8 Å². The molecule has 1 amide bonds. The molecule has 0 bridgehead atoms. The van der Waals surface area contributed by atoms with E-state index in [0.29, 0.717) is 18.5 Å². The summed E-state index contributed by atoms with van der Waals surface area (Å²) >= 11 is 0. The molecule has 1 heterocycles. The third kappa shape index (κ3) is 7.08. The number of hydrogen-bond acceptors (Lipinski definition) is 4. The standard InChI is InChI=1S/C18H34N2O3/c1-18(2,3)23-17(21)20-12-15-6-4-5-7-16(15)19-10-8-14-9-11-22-13-14/h14-16,19H,4-13H2,1-3H3,(H,20,21). The number of carbonyl (C=O) groups excluding carboxylic acids is 1. The number of carbonyl (C=O) groups is 1. The molecule has 1 aliphatic carbocycles. The van der Waals surface area contributed by atoms with Gasteiger partial charge >= 0.3 is 6.09 Å². The maximum atomic E-state index is 11.8. The number of ether oxygens (including phenoxy) is 2. The van der Waals surface area contributed by atoms with Crippen LogP contribution in [-0.4, -0.2) is 44.0 Å². The van der Waals surface area contributed by atoms with E-state index in [-0.39, 0.29) is 6.09 Å². The maximum absolute atomic E-state index is 11.8. The van der Waals surface area contributed by atoms with E-state index in [4.69, 9.17) is 9.47 Å². The molecule has 1 saturated carbocycles. The van der Waals surface area contributed by atoms with Crippen LogP contribution in [0.4, 0.5) is 4.79 Å². The van der Waals surface area contributed by atoms with E-state index in [0.717, 1.165) is 25.7 Å². The largest absolute Gasteiger partial charge is 0.444 e. The predicted octanol–water partition coefficient (Wildman–Crippen LogP) is 3.09. The second-order valence-electron chi connectivity index (χ2n) is 8.01. The van der Waals surface area contributed by atoms with E-state index in [1.165, 1.54) is 38.5 Å². The summed E-state index contributed by atoms with van der Waals surface area (Å²) in [6, 6.07) is 0.515. The fraction of sp³-hybridized carbons (Fsp3) is 0.944. The molecule has 0 aromatic heterocycles. The normalized spacial score (nSPS) is 28.6. The van der Waals surface area contributed by atoms with Gasteiger partial charge in [0.05, 0.1) is 0 Å². The summed E-state index contributed by atoms with van der Waals surface area (Å²) in [6.45, 7) is 9.30. The molecule has 134 valence electrons. The average Bonchev–Trinajstić information content (AvgIpc) is 2.98. The molecule has 1 saturated heterocycles.